The molecule has 168 valence electrons. The van der Waals surface area contributed by atoms with E-state index in [4.69, 9.17) is 25.1 Å². The third kappa shape index (κ3) is 4.21. The van der Waals surface area contributed by atoms with Gasteiger partial charge >= 0.3 is 0 Å². The molecule has 0 saturated carbocycles. The van der Waals surface area contributed by atoms with Crippen molar-refractivity contribution >= 4 is 22.7 Å². The molecule has 0 amide bonds. The van der Waals surface area contributed by atoms with E-state index in [-0.39, 0.29) is 0 Å². The fourth-order valence-corrected chi connectivity index (χ4v) is 3.85. The number of aliphatic hydroxyl groups is 1. The predicted molar refractivity (Wildman–Crippen MR) is 125 cm³/mol. The van der Waals surface area contributed by atoms with Crippen LogP contribution in [0, 0.1) is 5.41 Å². The van der Waals surface area contributed by atoms with Gasteiger partial charge in [-0.05, 0) is 32.2 Å². The first-order valence-corrected chi connectivity index (χ1v) is 10.9. The number of benzene rings is 1. The smallest absolute Gasteiger partial charge is 0.166 e. The molecular weight excluding hydrogens is 406 g/mol. The standard InChI is InChI=1S/C23H29N7O2/c1-4-30-21(15(2)31)26-19-22(29-10-12-32-13-11-29)27-20(28-23(19)30)17-7-5-6-16(14-17)18(24)8-9-25-3/h5-9,14-15,24-25,31H,4,10-13H2,1-3H3/b9-8-,24-18?. The molecule has 3 heterocycles. The van der Waals surface area contributed by atoms with Crippen LogP contribution < -0.4 is 10.2 Å². The minimum atomic E-state index is -0.715. The fraction of sp³-hybridized carbons (Fsp3) is 0.391. The van der Waals surface area contributed by atoms with Crippen molar-refractivity contribution in [3.8, 4) is 11.4 Å². The summed E-state index contributed by atoms with van der Waals surface area (Å²) in [6.07, 6.45) is 2.72. The third-order valence-electron chi connectivity index (χ3n) is 5.45. The number of anilines is 1. The SMILES string of the molecule is CCn1c(C(C)O)nc2c(N3CCOCC3)nc(-c3cccc(C(=N)/C=C\NC)c3)nc21. The highest BCUT2D eigenvalue weighted by Gasteiger charge is 2.24. The molecule has 1 fully saturated rings. The first kappa shape index (κ1) is 21.9. The van der Waals surface area contributed by atoms with Crippen molar-refractivity contribution < 1.29 is 9.84 Å². The Morgan fingerprint density at radius 1 is 1.28 bits per heavy atom. The number of aliphatic hydroxyl groups excluding tert-OH is 1. The fourth-order valence-electron chi connectivity index (χ4n) is 3.85. The zero-order valence-electron chi connectivity index (χ0n) is 18.7. The number of aryl methyl sites for hydroxylation is 1. The van der Waals surface area contributed by atoms with E-state index < -0.39 is 6.10 Å². The lowest BCUT2D eigenvalue weighted by molar-refractivity contribution is 0.122. The molecule has 3 N–H and O–H groups in total. The summed E-state index contributed by atoms with van der Waals surface area (Å²) in [6.45, 7) is 7.05. The maximum atomic E-state index is 10.3. The number of rotatable bonds is 7. The minimum absolute atomic E-state index is 0.394. The number of hydrogen-bond donors (Lipinski definition) is 3. The molecule has 0 spiro atoms. The van der Waals surface area contributed by atoms with Gasteiger partial charge in [-0.15, -0.1) is 0 Å². The van der Waals surface area contributed by atoms with E-state index in [9.17, 15) is 5.11 Å². The van der Waals surface area contributed by atoms with E-state index in [2.05, 4.69) is 10.2 Å². The number of aromatic nitrogens is 4. The highest BCUT2D eigenvalue weighted by atomic mass is 16.5. The normalized spacial score (nSPS) is 15.4. The predicted octanol–water partition coefficient (Wildman–Crippen LogP) is 2.50. The van der Waals surface area contributed by atoms with Crippen LogP contribution in [0.3, 0.4) is 0 Å². The molecule has 0 radical (unpaired) electrons. The molecule has 1 aliphatic rings. The Morgan fingerprint density at radius 3 is 2.75 bits per heavy atom. The molecule has 9 nitrogen and oxygen atoms in total. The van der Waals surface area contributed by atoms with E-state index in [1.807, 2.05) is 35.8 Å². The van der Waals surface area contributed by atoms with E-state index in [1.165, 1.54) is 0 Å². The summed E-state index contributed by atoms with van der Waals surface area (Å²) in [5.74, 6) is 1.90. The van der Waals surface area contributed by atoms with E-state index in [0.717, 1.165) is 16.9 Å². The number of hydrogen-bond acceptors (Lipinski definition) is 8. The second-order valence-electron chi connectivity index (χ2n) is 7.65. The molecule has 4 rings (SSSR count). The van der Waals surface area contributed by atoms with Crippen LogP contribution in [0.2, 0.25) is 0 Å². The lowest BCUT2D eigenvalue weighted by Gasteiger charge is -2.28. The number of allylic oxidation sites excluding steroid dienone is 1. The summed E-state index contributed by atoms with van der Waals surface area (Å²) in [5, 5.41) is 21.5. The lowest BCUT2D eigenvalue weighted by atomic mass is 10.1. The van der Waals surface area contributed by atoms with Crippen LogP contribution in [-0.4, -0.2) is 63.7 Å². The van der Waals surface area contributed by atoms with Crippen molar-refractivity contribution in [2.24, 2.45) is 0 Å². The topological polar surface area (TPSA) is 112 Å². The molecule has 0 bridgehead atoms. The number of morpholine rings is 1. The van der Waals surface area contributed by atoms with Crippen molar-refractivity contribution in [1.82, 2.24) is 24.8 Å². The molecule has 32 heavy (non-hydrogen) atoms. The third-order valence-corrected chi connectivity index (χ3v) is 5.45. The van der Waals surface area contributed by atoms with Crippen LogP contribution in [0.15, 0.2) is 36.5 Å². The zero-order valence-corrected chi connectivity index (χ0v) is 18.7. The molecule has 3 aromatic rings. The van der Waals surface area contributed by atoms with Crippen molar-refractivity contribution in [2.75, 3.05) is 38.3 Å². The average Bonchev–Trinajstić information content (AvgIpc) is 3.21. The van der Waals surface area contributed by atoms with Gasteiger partial charge in [0.05, 0.1) is 18.9 Å². The van der Waals surface area contributed by atoms with E-state index in [0.29, 0.717) is 61.4 Å². The summed E-state index contributed by atoms with van der Waals surface area (Å²) in [5.41, 5.74) is 3.38. The molecule has 9 heteroatoms. The van der Waals surface area contributed by atoms with Crippen LogP contribution in [0.5, 0.6) is 0 Å². The molecule has 1 aliphatic heterocycles. The van der Waals surface area contributed by atoms with E-state index in [1.54, 1.807) is 26.2 Å². The quantitative estimate of drug-likeness (QED) is 0.489. The highest BCUT2D eigenvalue weighted by molar-refractivity contribution is 6.07. The van der Waals surface area contributed by atoms with Gasteiger partial charge in [-0.25, -0.2) is 15.0 Å². The van der Waals surface area contributed by atoms with Gasteiger partial charge in [-0.3, -0.25) is 0 Å². The molecule has 1 saturated heterocycles. The number of ether oxygens (including phenoxy) is 1. The van der Waals surface area contributed by atoms with Crippen molar-refractivity contribution in [3.05, 3.63) is 47.9 Å². The average molecular weight is 436 g/mol. The Morgan fingerprint density at radius 2 is 2.06 bits per heavy atom. The Balaban J connectivity index is 1.88. The monoisotopic (exact) mass is 435 g/mol. The second kappa shape index (κ2) is 9.46. The van der Waals surface area contributed by atoms with Crippen LogP contribution in [0.25, 0.3) is 22.6 Å². The molecule has 2 aromatic heterocycles. The Labute approximate surface area is 187 Å². The van der Waals surface area contributed by atoms with E-state index >= 15 is 0 Å². The lowest BCUT2D eigenvalue weighted by Crippen LogP contribution is -2.37. The number of nitrogens with zero attached hydrogens (tertiary/aromatic N) is 5. The van der Waals surface area contributed by atoms with Gasteiger partial charge in [0.25, 0.3) is 0 Å². The zero-order chi connectivity index (χ0) is 22.7. The Bertz CT molecular complexity index is 1150. The number of fused-ring (bicyclic) bond motifs is 1. The summed E-state index contributed by atoms with van der Waals surface area (Å²) in [6, 6.07) is 7.68. The summed E-state index contributed by atoms with van der Waals surface area (Å²) in [4.78, 5) is 16.7. The molecule has 1 aromatic carbocycles. The van der Waals surface area contributed by atoms with Gasteiger partial charge in [-0.1, -0.05) is 18.2 Å². The van der Waals surface area contributed by atoms with Gasteiger partial charge in [0, 0.05) is 37.8 Å². The Kier molecular flexibility index (Phi) is 6.48. The van der Waals surface area contributed by atoms with Crippen LogP contribution >= 0.6 is 0 Å². The van der Waals surface area contributed by atoms with Crippen molar-refractivity contribution in [1.29, 1.82) is 5.41 Å². The van der Waals surface area contributed by atoms with Gasteiger partial charge in [0.2, 0.25) is 0 Å². The largest absolute Gasteiger partial charge is 0.394 e. The molecule has 1 unspecified atom stereocenters. The Hall–Kier alpha value is -3.30. The molecule has 0 aliphatic carbocycles. The van der Waals surface area contributed by atoms with Crippen molar-refractivity contribution in [2.45, 2.75) is 26.5 Å². The maximum absolute atomic E-state index is 10.3. The first-order valence-electron chi connectivity index (χ1n) is 10.9. The van der Waals surface area contributed by atoms with Gasteiger partial charge in [-0.2, -0.15) is 0 Å². The maximum Gasteiger partial charge on any atom is 0.166 e. The second-order valence-corrected chi connectivity index (χ2v) is 7.65. The first-order chi connectivity index (χ1) is 15.5. The number of nitrogens with one attached hydrogen (secondary N) is 2. The summed E-state index contributed by atoms with van der Waals surface area (Å²) in [7, 11) is 1.80. The summed E-state index contributed by atoms with van der Waals surface area (Å²) < 4.78 is 7.47. The van der Waals surface area contributed by atoms with Crippen LogP contribution in [0.4, 0.5) is 5.82 Å². The van der Waals surface area contributed by atoms with Gasteiger partial charge < -0.3 is 30.0 Å². The molecular formula is C23H29N7O2. The molecule has 1 atom stereocenters. The van der Waals surface area contributed by atoms with Crippen LogP contribution in [-0.2, 0) is 11.3 Å². The van der Waals surface area contributed by atoms with Gasteiger partial charge in [0.15, 0.2) is 22.8 Å². The number of imidazole rings is 1. The minimum Gasteiger partial charge on any atom is -0.394 e. The summed E-state index contributed by atoms with van der Waals surface area (Å²) >= 11 is 0. The van der Waals surface area contributed by atoms with Crippen LogP contribution in [0.1, 0.15) is 31.3 Å². The highest BCUT2D eigenvalue weighted by Crippen LogP contribution is 2.30. The van der Waals surface area contributed by atoms with Gasteiger partial charge in [0.1, 0.15) is 11.9 Å². The van der Waals surface area contributed by atoms with Crippen molar-refractivity contribution in [3.63, 3.8) is 0 Å².